The number of unbranched alkanes of at least 4 members (excludes halogenated alkanes) is 4. The molecule has 0 aliphatic heterocycles. The molecule has 7 rings (SSSR count). The number of aryl methyl sites for hydroxylation is 1. The minimum atomic E-state index is -1.52. The number of thiophene rings is 1. The van der Waals surface area contributed by atoms with Crippen LogP contribution in [0.4, 0.5) is 22.7 Å². The van der Waals surface area contributed by atoms with Gasteiger partial charge in [-0.2, -0.15) is 10.5 Å². The SMILES string of the molecule is CCCCOc1ccc(-c2ccc(N(c3ccc(-c4ccc(/C=C(\C#N)C(=O)N(CC#N)c5ccc(C(=O)O)c(C(=O)O)c5)s4)cc3)c3ccc(-c4ccc(CCCC)cc4OCCCC)cc3)cc2)c(OCCCC)c1. The number of benzene rings is 6. The van der Waals surface area contributed by atoms with Crippen molar-refractivity contribution in [2.75, 3.05) is 36.2 Å². The third-order valence-electron chi connectivity index (χ3n) is 12.9. The number of ether oxygens (including phenoxy) is 3. The maximum Gasteiger partial charge on any atom is 0.336 e. The standard InChI is InChI=1S/C64H64N4O8S/c1-5-9-13-44-14-30-55(59(39-44)75-37-11-7-3)45-15-21-49(22-16-45)68(50-23-17-46(18-24-50)56-32-28-53(74-36-10-6-2)42-60(56)76-38-12-8-4)51-25-19-47(20-26-51)61-33-29-54(77-61)40-48(43-66)62(69)67(35-34-65)52-27-31-57(63(70)71)58(41-52)64(72)73/h14-33,39-42H,5-13,35-38H2,1-4H3,(H,70,71)(H,72,73)/b48-40+. The molecule has 0 fully saturated rings. The van der Waals surface area contributed by atoms with Crippen molar-refractivity contribution in [1.29, 1.82) is 10.5 Å². The Hall–Kier alpha value is -8.65. The zero-order valence-electron chi connectivity index (χ0n) is 44.1. The molecule has 6 aromatic carbocycles. The highest BCUT2D eigenvalue weighted by Gasteiger charge is 2.25. The van der Waals surface area contributed by atoms with E-state index in [1.807, 2.05) is 42.5 Å². The van der Waals surface area contributed by atoms with Gasteiger partial charge in [-0.15, -0.1) is 11.3 Å². The van der Waals surface area contributed by atoms with Gasteiger partial charge in [0.15, 0.2) is 0 Å². The number of hydrogen-bond acceptors (Lipinski definition) is 10. The fraction of sp³-hybridized carbons (Fsp3) is 0.266. The van der Waals surface area contributed by atoms with E-state index in [4.69, 9.17) is 14.2 Å². The van der Waals surface area contributed by atoms with Crippen LogP contribution in [-0.2, 0) is 11.2 Å². The van der Waals surface area contributed by atoms with Gasteiger partial charge in [-0.05, 0) is 145 Å². The Labute approximate surface area is 455 Å². The second-order valence-electron chi connectivity index (χ2n) is 18.4. The summed E-state index contributed by atoms with van der Waals surface area (Å²) in [5.41, 5.74) is 7.66. The van der Waals surface area contributed by atoms with Crippen molar-refractivity contribution in [2.45, 2.75) is 85.5 Å². The number of nitriles is 2. The lowest BCUT2D eigenvalue weighted by molar-refractivity contribution is -0.114. The maximum absolute atomic E-state index is 13.8. The molecule has 0 saturated heterocycles. The van der Waals surface area contributed by atoms with Gasteiger partial charge >= 0.3 is 11.9 Å². The van der Waals surface area contributed by atoms with Crippen LogP contribution in [0.25, 0.3) is 38.8 Å². The van der Waals surface area contributed by atoms with Crippen molar-refractivity contribution < 1.29 is 38.8 Å². The Kier molecular flexibility index (Phi) is 20.2. The zero-order chi connectivity index (χ0) is 54.7. The second kappa shape index (κ2) is 27.8. The first kappa shape index (κ1) is 56.1. The van der Waals surface area contributed by atoms with Crippen molar-refractivity contribution in [3.8, 4) is 62.1 Å². The van der Waals surface area contributed by atoms with Crippen molar-refractivity contribution in [1.82, 2.24) is 0 Å². The molecule has 0 atom stereocenters. The summed E-state index contributed by atoms with van der Waals surface area (Å²) in [6.07, 6.45) is 10.7. The predicted molar refractivity (Wildman–Crippen MR) is 307 cm³/mol. The Bertz CT molecular complexity index is 3260. The lowest BCUT2D eigenvalue weighted by Gasteiger charge is -2.26. The number of hydrogen-bond donors (Lipinski definition) is 2. The van der Waals surface area contributed by atoms with Crippen LogP contribution in [0.15, 0.2) is 145 Å². The first-order valence-corrected chi connectivity index (χ1v) is 27.1. The van der Waals surface area contributed by atoms with Gasteiger partial charge < -0.3 is 29.3 Å². The predicted octanol–water partition coefficient (Wildman–Crippen LogP) is 16.0. The first-order chi connectivity index (χ1) is 37.5. The van der Waals surface area contributed by atoms with Crippen LogP contribution in [0, 0.1) is 22.7 Å². The minimum Gasteiger partial charge on any atom is -0.493 e. The van der Waals surface area contributed by atoms with E-state index in [0.29, 0.717) is 24.7 Å². The molecule has 1 heterocycles. The number of nitrogens with zero attached hydrogens (tertiary/aromatic N) is 4. The average Bonchev–Trinajstić information content (AvgIpc) is 3.92. The van der Waals surface area contributed by atoms with E-state index in [1.165, 1.54) is 29.0 Å². The molecule has 0 aliphatic carbocycles. The third kappa shape index (κ3) is 14.4. The fourth-order valence-corrected chi connectivity index (χ4v) is 9.59. The smallest absolute Gasteiger partial charge is 0.336 e. The van der Waals surface area contributed by atoms with E-state index in [0.717, 1.165) is 142 Å². The quantitative estimate of drug-likeness (QED) is 0.0217. The number of amides is 1. The van der Waals surface area contributed by atoms with Gasteiger partial charge in [0.2, 0.25) is 0 Å². The highest BCUT2D eigenvalue weighted by Crippen LogP contribution is 2.41. The Morgan fingerprint density at radius 2 is 1.08 bits per heavy atom. The molecule has 2 N–H and O–H groups in total. The lowest BCUT2D eigenvalue weighted by atomic mass is 9.99. The third-order valence-corrected chi connectivity index (χ3v) is 14.0. The van der Waals surface area contributed by atoms with Crippen LogP contribution in [-0.4, -0.2) is 54.4 Å². The number of carbonyl (C=O) groups excluding carboxylic acids is 1. The molecule has 1 amide bonds. The molecule has 12 nitrogen and oxygen atoms in total. The summed E-state index contributed by atoms with van der Waals surface area (Å²) in [5, 5.41) is 39.0. The van der Waals surface area contributed by atoms with Crippen molar-refractivity contribution >= 4 is 58.0 Å². The first-order valence-electron chi connectivity index (χ1n) is 26.3. The van der Waals surface area contributed by atoms with E-state index in [-0.39, 0.29) is 11.3 Å². The molecule has 7 aromatic rings. The van der Waals surface area contributed by atoms with Gasteiger partial charge in [-0.1, -0.05) is 102 Å². The number of anilines is 4. The molecule has 0 saturated carbocycles. The molecule has 0 aliphatic rings. The van der Waals surface area contributed by atoms with Crippen molar-refractivity contribution in [3.63, 3.8) is 0 Å². The van der Waals surface area contributed by atoms with E-state index in [2.05, 4.69) is 118 Å². The van der Waals surface area contributed by atoms with Crippen molar-refractivity contribution in [3.05, 3.63) is 167 Å². The van der Waals surface area contributed by atoms with Crippen LogP contribution in [0.1, 0.15) is 110 Å². The minimum absolute atomic E-state index is 0.0399. The van der Waals surface area contributed by atoms with E-state index in [9.17, 15) is 35.1 Å². The van der Waals surface area contributed by atoms with Crippen LogP contribution < -0.4 is 24.0 Å². The molecule has 0 spiro atoms. The summed E-state index contributed by atoms with van der Waals surface area (Å²) in [5.74, 6) is -1.36. The zero-order valence-corrected chi connectivity index (χ0v) is 44.9. The maximum atomic E-state index is 13.8. The highest BCUT2D eigenvalue weighted by atomic mass is 32.1. The normalized spacial score (nSPS) is 11.1. The monoisotopic (exact) mass is 1050 g/mol. The molecule has 13 heteroatoms. The summed E-state index contributed by atoms with van der Waals surface area (Å²) >= 11 is 1.36. The Morgan fingerprint density at radius 3 is 1.61 bits per heavy atom. The second-order valence-corrected chi connectivity index (χ2v) is 19.6. The van der Waals surface area contributed by atoms with Gasteiger partial charge in [0.05, 0.1) is 37.0 Å². The largest absolute Gasteiger partial charge is 0.493 e. The van der Waals surface area contributed by atoms with Crippen LogP contribution in [0.3, 0.4) is 0 Å². The van der Waals surface area contributed by atoms with Crippen LogP contribution in [0.2, 0.25) is 0 Å². The number of carboxylic acids is 2. The van der Waals surface area contributed by atoms with Crippen molar-refractivity contribution in [2.24, 2.45) is 0 Å². The van der Waals surface area contributed by atoms with Crippen LogP contribution in [0.5, 0.6) is 17.2 Å². The molecular weight excluding hydrogens is 985 g/mol. The molecule has 0 bridgehead atoms. The molecular formula is C64H64N4O8S. The Balaban J connectivity index is 1.22. The summed E-state index contributed by atoms with van der Waals surface area (Å²) in [6.45, 7) is 10.1. The number of aromatic carboxylic acids is 2. The van der Waals surface area contributed by atoms with E-state index in [1.54, 1.807) is 6.07 Å². The van der Waals surface area contributed by atoms with Gasteiger partial charge in [-0.3, -0.25) is 9.69 Å². The van der Waals surface area contributed by atoms with Gasteiger partial charge in [0.25, 0.3) is 5.91 Å². The average molecular weight is 1050 g/mol. The van der Waals surface area contributed by atoms with Gasteiger partial charge in [0, 0.05) is 49.7 Å². The number of rotatable bonds is 27. The summed E-state index contributed by atoms with van der Waals surface area (Å²) in [7, 11) is 0. The number of carboxylic acid groups (broad SMARTS) is 2. The van der Waals surface area contributed by atoms with E-state index >= 15 is 0 Å². The lowest BCUT2D eigenvalue weighted by Crippen LogP contribution is -2.32. The molecule has 0 radical (unpaired) electrons. The van der Waals surface area contributed by atoms with Gasteiger partial charge in [0.1, 0.15) is 35.4 Å². The van der Waals surface area contributed by atoms with Gasteiger partial charge in [-0.25, -0.2) is 9.59 Å². The summed E-state index contributed by atoms with van der Waals surface area (Å²) < 4.78 is 18.9. The topological polar surface area (TPSA) is 173 Å². The number of carbonyl (C=O) groups is 3. The summed E-state index contributed by atoms with van der Waals surface area (Å²) in [4.78, 5) is 42.0. The molecule has 394 valence electrons. The summed E-state index contributed by atoms with van der Waals surface area (Å²) in [6, 6.07) is 48.7. The molecule has 1 aromatic heterocycles. The molecule has 0 unspecified atom stereocenters. The van der Waals surface area contributed by atoms with Crippen LogP contribution >= 0.6 is 11.3 Å². The van der Waals surface area contributed by atoms with E-state index < -0.39 is 35.5 Å². The Morgan fingerprint density at radius 1 is 0.558 bits per heavy atom. The molecule has 77 heavy (non-hydrogen) atoms. The highest BCUT2D eigenvalue weighted by molar-refractivity contribution is 7.16. The fourth-order valence-electron chi connectivity index (χ4n) is 8.63.